The molecule has 4 nitrogen and oxygen atoms in total. The molecule has 1 heterocycles. The van der Waals surface area contributed by atoms with E-state index in [1.807, 2.05) is 51.1 Å². The fourth-order valence-electron chi connectivity index (χ4n) is 3.72. The second kappa shape index (κ2) is 7.80. The van der Waals surface area contributed by atoms with Gasteiger partial charge in [0.05, 0.1) is 11.3 Å². The van der Waals surface area contributed by atoms with Gasteiger partial charge in [-0.3, -0.25) is 9.59 Å². The smallest absolute Gasteiger partial charge is 0.282 e. The van der Waals surface area contributed by atoms with Crippen LogP contribution in [0.2, 0.25) is 0 Å². The van der Waals surface area contributed by atoms with E-state index in [0.29, 0.717) is 17.3 Å². The van der Waals surface area contributed by atoms with Crippen LogP contribution in [0.3, 0.4) is 0 Å². The van der Waals surface area contributed by atoms with Crippen LogP contribution in [0.15, 0.2) is 66.4 Å². The number of nitrogens with one attached hydrogen (secondary N) is 1. The average Bonchev–Trinajstić information content (AvgIpc) is 2.94. The van der Waals surface area contributed by atoms with Crippen LogP contribution in [-0.4, -0.2) is 11.8 Å². The first-order chi connectivity index (χ1) is 14.8. The van der Waals surface area contributed by atoms with Crippen LogP contribution in [0.25, 0.3) is 5.57 Å². The summed E-state index contributed by atoms with van der Waals surface area (Å²) in [6, 6.07) is 15.6. The van der Waals surface area contributed by atoms with E-state index in [1.165, 1.54) is 0 Å². The Hall–Kier alpha value is -3.80. The first-order valence-electron chi connectivity index (χ1n) is 9.76. The minimum atomic E-state index is -0.987. The van der Waals surface area contributed by atoms with Gasteiger partial charge in [-0.1, -0.05) is 42.0 Å². The second-order valence-corrected chi connectivity index (χ2v) is 7.55. The van der Waals surface area contributed by atoms with E-state index in [2.05, 4.69) is 5.32 Å². The molecule has 0 saturated carbocycles. The highest BCUT2D eigenvalue weighted by atomic mass is 19.1. The van der Waals surface area contributed by atoms with Crippen LogP contribution < -0.4 is 10.2 Å². The molecule has 1 aliphatic heterocycles. The molecule has 0 bridgehead atoms. The Morgan fingerprint density at radius 2 is 1.55 bits per heavy atom. The Morgan fingerprint density at radius 3 is 2.23 bits per heavy atom. The highest BCUT2D eigenvalue weighted by Gasteiger charge is 2.42. The van der Waals surface area contributed by atoms with Gasteiger partial charge in [0.25, 0.3) is 11.8 Å². The average molecular weight is 418 g/mol. The maximum absolute atomic E-state index is 14.5. The molecule has 0 radical (unpaired) electrons. The third kappa shape index (κ3) is 3.61. The number of aryl methyl sites for hydroxylation is 3. The lowest BCUT2D eigenvalue weighted by Crippen LogP contribution is -2.33. The van der Waals surface area contributed by atoms with Gasteiger partial charge in [0, 0.05) is 11.8 Å². The van der Waals surface area contributed by atoms with Crippen LogP contribution in [-0.2, 0) is 9.59 Å². The largest absolute Gasteiger partial charge is 0.350 e. The van der Waals surface area contributed by atoms with Gasteiger partial charge in [0.2, 0.25) is 0 Å². The van der Waals surface area contributed by atoms with Crippen molar-refractivity contribution in [2.45, 2.75) is 20.8 Å². The molecule has 0 aromatic heterocycles. The number of hydrogen-bond acceptors (Lipinski definition) is 3. The molecule has 0 fully saturated rings. The molecule has 0 spiro atoms. The number of carbonyl (C=O) groups is 2. The quantitative estimate of drug-likeness (QED) is 0.586. The minimum Gasteiger partial charge on any atom is -0.350 e. The normalized spacial score (nSPS) is 13.9. The number of hydrogen-bond donors (Lipinski definition) is 1. The van der Waals surface area contributed by atoms with Crippen LogP contribution in [0.4, 0.5) is 20.2 Å². The summed E-state index contributed by atoms with van der Waals surface area (Å²) in [6.07, 6.45) is 0. The van der Waals surface area contributed by atoms with Crippen LogP contribution in [0.5, 0.6) is 0 Å². The molecule has 3 aromatic carbocycles. The summed E-state index contributed by atoms with van der Waals surface area (Å²) in [7, 11) is 0. The Kier molecular flexibility index (Phi) is 5.15. The van der Waals surface area contributed by atoms with Gasteiger partial charge in [0.1, 0.15) is 17.3 Å². The standard InChI is InChI=1S/C25H20F2N2O2/c1-14-8-10-18(16(3)12-14)22-23(28-20-7-5-4-6-15(20)2)25(31)29(24(22)30)21-11-9-17(26)13-19(21)27/h4-13,28H,1-3H3. The summed E-state index contributed by atoms with van der Waals surface area (Å²) in [5, 5.41) is 3.08. The summed E-state index contributed by atoms with van der Waals surface area (Å²) in [4.78, 5) is 27.5. The zero-order chi connectivity index (χ0) is 22.3. The van der Waals surface area contributed by atoms with Gasteiger partial charge in [-0.2, -0.15) is 0 Å². The van der Waals surface area contributed by atoms with E-state index in [4.69, 9.17) is 0 Å². The van der Waals surface area contributed by atoms with Crippen molar-refractivity contribution in [1.29, 1.82) is 0 Å². The summed E-state index contributed by atoms with van der Waals surface area (Å²) in [5.74, 6) is -3.15. The zero-order valence-corrected chi connectivity index (χ0v) is 17.3. The molecular weight excluding hydrogens is 398 g/mol. The first kappa shape index (κ1) is 20.5. The molecule has 0 unspecified atom stereocenters. The van der Waals surface area contributed by atoms with Gasteiger partial charge in [-0.05, 0) is 55.7 Å². The van der Waals surface area contributed by atoms with Crippen LogP contribution >= 0.6 is 0 Å². The van der Waals surface area contributed by atoms with Gasteiger partial charge >= 0.3 is 0 Å². The van der Waals surface area contributed by atoms with E-state index < -0.39 is 23.4 Å². The van der Waals surface area contributed by atoms with Gasteiger partial charge in [-0.15, -0.1) is 0 Å². The van der Waals surface area contributed by atoms with Crippen molar-refractivity contribution in [3.8, 4) is 0 Å². The fraction of sp³-hybridized carbons (Fsp3) is 0.120. The van der Waals surface area contributed by atoms with Crippen molar-refractivity contribution in [1.82, 2.24) is 0 Å². The molecule has 156 valence electrons. The molecule has 3 aromatic rings. The topological polar surface area (TPSA) is 49.4 Å². The molecule has 2 amide bonds. The summed E-state index contributed by atoms with van der Waals surface area (Å²) >= 11 is 0. The monoisotopic (exact) mass is 418 g/mol. The Balaban J connectivity index is 1.89. The minimum absolute atomic E-state index is 0.0509. The third-order valence-corrected chi connectivity index (χ3v) is 5.29. The van der Waals surface area contributed by atoms with Crippen molar-refractivity contribution in [3.63, 3.8) is 0 Å². The lowest BCUT2D eigenvalue weighted by atomic mass is 9.97. The molecule has 1 aliphatic rings. The van der Waals surface area contributed by atoms with E-state index in [-0.39, 0.29) is 17.0 Å². The lowest BCUT2D eigenvalue weighted by molar-refractivity contribution is -0.120. The number of benzene rings is 3. The molecule has 31 heavy (non-hydrogen) atoms. The van der Waals surface area contributed by atoms with E-state index in [0.717, 1.165) is 33.7 Å². The van der Waals surface area contributed by atoms with E-state index >= 15 is 0 Å². The highest BCUT2D eigenvalue weighted by molar-refractivity contribution is 6.46. The van der Waals surface area contributed by atoms with Gasteiger partial charge < -0.3 is 5.32 Å². The number of halogens is 2. The number of nitrogens with zero attached hydrogens (tertiary/aromatic N) is 1. The van der Waals surface area contributed by atoms with Crippen molar-refractivity contribution >= 4 is 28.8 Å². The Morgan fingerprint density at radius 1 is 0.806 bits per heavy atom. The van der Waals surface area contributed by atoms with Gasteiger partial charge in [0.15, 0.2) is 0 Å². The maximum atomic E-state index is 14.5. The molecular formula is C25H20F2N2O2. The molecule has 4 rings (SSSR count). The van der Waals surface area contributed by atoms with Crippen molar-refractivity contribution in [2.75, 3.05) is 10.2 Å². The summed E-state index contributed by atoms with van der Waals surface area (Å²) < 4.78 is 27.9. The highest BCUT2D eigenvalue weighted by Crippen LogP contribution is 2.36. The number of anilines is 2. The van der Waals surface area contributed by atoms with Crippen LogP contribution in [0.1, 0.15) is 22.3 Å². The summed E-state index contributed by atoms with van der Waals surface area (Å²) in [5.41, 5.74) is 3.83. The molecule has 0 aliphatic carbocycles. The predicted octanol–water partition coefficient (Wildman–Crippen LogP) is 5.29. The Bertz CT molecular complexity index is 1260. The van der Waals surface area contributed by atoms with Crippen LogP contribution in [0, 0.1) is 32.4 Å². The number of rotatable bonds is 4. The third-order valence-electron chi connectivity index (χ3n) is 5.29. The molecule has 6 heteroatoms. The molecule has 0 saturated heterocycles. The Labute approximate surface area is 178 Å². The fourth-order valence-corrected chi connectivity index (χ4v) is 3.72. The first-order valence-corrected chi connectivity index (χ1v) is 9.76. The van der Waals surface area contributed by atoms with E-state index in [1.54, 1.807) is 12.1 Å². The second-order valence-electron chi connectivity index (χ2n) is 7.55. The van der Waals surface area contributed by atoms with Gasteiger partial charge in [-0.25, -0.2) is 13.7 Å². The number of amides is 2. The number of para-hydroxylation sites is 1. The molecule has 1 N–H and O–H groups in total. The van der Waals surface area contributed by atoms with Crippen molar-refractivity contribution < 1.29 is 18.4 Å². The number of carbonyl (C=O) groups excluding carboxylic acids is 2. The zero-order valence-electron chi connectivity index (χ0n) is 17.3. The van der Waals surface area contributed by atoms with Crippen molar-refractivity contribution in [3.05, 3.63) is 100 Å². The van der Waals surface area contributed by atoms with E-state index in [9.17, 15) is 18.4 Å². The SMILES string of the molecule is Cc1ccc(C2=C(Nc3ccccc3C)C(=O)N(c3ccc(F)cc3F)C2=O)c(C)c1. The number of imide groups is 1. The maximum Gasteiger partial charge on any atom is 0.282 e. The van der Waals surface area contributed by atoms with Crippen molar-refractivity contribution in [2.24, 2.45) is 0 Å². The molecule has 0 atom stereocenters. The lowest BCUT2D eigenvalue weighted by Gasteiger charge is -2.16. The predicted molar refractivity (Wildman–Crippen MR) is 116 cm³/mol. The summed E-state index contributed by atoms with van der Waals surface area (Å²) in [6.45, 7) is 5.65.